The number of nitrogens with zero attached hydrogens (tertiary/aromatic N) is 1. The number of nitrogens with one attached hydrogen (secondary N) is 3. The van der Waals surface area contributed by atoms with Crippen LogP contribution in [0.2, 0.25) is 0 Å². The van der Waals surface area contributed by atoms with Gasteiger partial charge >= 0.3 is 0 Å². The Morgan fingerprint density at radius 2 is 2.18 bits per heavy atom. The van der Waals surface area contributed by atoms with Gasteiger partial charge in [0.15, 0.2) is 0 Å². The molecule has 92 valence electrons. The minimum atomic E-state index is -0.258. The second-order valence-electron chi connectivity index (χ2n) is 3.32. The Hall–Kier alpha value is -2.11. The largest absolute Gasteiger partial charge is 0.376 e. The zero-order valence-electron chi connectivity index (χ0n) is 9.91. The van der Waals surface area contributed by atoms with Crippen LogP contribution in [-0.4, -0.2) is 36.9 Å². The number of carbonyl (C=O) groups is 2. The van der Waals surface area contributed by atoms with Gasteiger partial charge in [-0.15, -0.1) is 0 Å². The van der Waals surface area contributed by atoms with Gasteiger partial charge in [-0.2, -0.15) is 0 Å². The van der Waals surface area contributed by atoms with Crippen molar-refractivity contribution in [2.24, 2.45) is 0 Å². The molecular weight excluding hydrogens is 220 g/mol. The van der Waals surface area contributed by atoms with Crippen molar-refractivity contribution in [2.45, 2.75) is 6.92 Å². The molecule has 1 heterocycles. The van der Waals surface area contributed by atoms with E-state index in [1.807, 2.05) is 6.92 Å². The number of carbonyl (C=O) groups excluding carboxylic acids is 2. The maximum absolute atomic E-state index is 11.3. The SMILES string of the molecule is CCNC(=O)CNc1ccnc(C(=O)NC)c1. The summed E-state index contributed by atoms with van der Waals surface area (Å²) >= 11 is 0. The van der Waals surface area contributed by atoms with Crippen molar-refractivity contribution in [3.05, 3.63) is 24.0 Å². The first kappa shape index (κ1) is 13.0. The van der Waals surface area contributed by atoms with Crippen LogP contribution in [0.4, 0.5) is 5.69 Å². The van der Waals surface area contributed by atoms with Crippen molar-refractivity contribution in [1.82, 2.24) is 15.6 Å². The Labute approximate surface area is 99.8 Å². The van der Waals surface area contributed by atoms with Gasteiger partial charge in [-0.05, 0) is 19.1 Å². The number of anilines is 1. The van der Waals surface area contributed by atoms with Gasteiger partial charge in [-0.1, -0.05) is 0 Å². The van der Waals surface area contributed by atoms with Crippen molar-refractivity contribution in [3.8, 4) is 0 Å². The number of likely N-dealkylation sites (N-methyl/N-ethyl adjacent to an activating group) is 1. The predicted octanol–water partition coefficient (Wildman–Crippen LogP) is -0.0108. The van der Waals surface area contributed by atoms with Crippen LogP contribution in [0.1, 0.15) is 17.4 Å². The molecule has 6 heteroatoms. The highest BCUT2D eigenvalue weighted by Crippen LogP contribution is 2.07. The molecular formula is C11H16N4O2. The van der Waals surface area contributed by atoms with Crippen LogP contribution in [0, 0.1) is 0 Å². The van der Waals surface area contributed by atoms with Crippen LogP contribution in [0.3, 0.4) is 0 Å². The number of hydrogen-bond donors (Lipinski definition) is 3. The molecule has 0 aromatic carbocycles. The first-order valence-corrected chi connectivity index (χ1v) is 5.36. The van der Waals surface area contributed by atoms with Crippen molar-refractivity contribution in [3.63, 3.8) is 0 Å². The molecule has 0 aliphatic carbocycles. The van der Waals surface area contributed by atoms with E-state index in [4.69, 9.17) is 0 Å². The van der Waals surface area contributed by atoms with E-state index in [2.05, 4.69) is 20.9 Å². The third kappa shape index (κ3) is 4.10. The summed E-state index contributed by atoms with van der Waals surface area (Å²) in [5, 5.41) is 8.07. The molecule has 0 fully saturated rings. The Kier molecular flexibility index (Phi) is 4.93. The molecule has 0 radical (unpaired) electrons. The molecule has 3 N–H and O–H groups in total. The predicted molar refractivity (Wildman–Crippen MR) is 64.8 cm³/mol. The second kappa shape index (κ2) is 6.47. The highest BCUT2D eigenvalue weighted by molar-refractivity contribution is 5.93. The first-order chi connectivity index (χ1) is 8.17. The molecule has 1 aromatic heterocycles. The third-order valence-corrected chi connectivity index (χ3v) is 2.05. The standard InChI is InChI=1S/C11H16N4O2/c1-3-13-10(16)7-15-8-4-5-14-9(6-8)11(17)12-2/h4-6H,3,7H2,1-2H3,(H,12,17)(H,13,16)(H,14,15). The quantitative estimate of drug-likeness (QED) is 0.671. The average molecular weight is 236 g/mol. The van der Waals surface area contributed by atoms with Crippen molar-refractivity contribution < 1.29 is 9.59 Å². The molecule has 0 saturated carbocycles. The topological polar surface area (TPSA) is 83.1 Å². The van der Waals surface area contributed by atoms with Crippen LogP contribution in [-0.2, 0) is 4.79 Å². The van der Waals surface area contributed by atoms with Crippen LogP contribution in [0.5, 0.6) is 0 Å². The zero-order chi connectivity index (χ0) is 12.7. The van der Waals surface area contributed by atoms with E-state index < -0.39 is 0 Å². The van der Waals surface area contributed by atoms with Crippen LogP contribution >= 0.6 is 0 Å². The molecule has 1 rings (SSSR count). The van der Waals surface area contributed by atoms with Crippen LogP contribution in [0.25, 0.3) is 0 Å². The van der Waals surface area contributed by atoms with Crippen molar-refractivity contribution in [1.29, 1.82) is 0 Å². The number of aromatic nitrogens is 1. The summed E-state index contributed by atoms with van der Waals surface area (Å²) in [7, 11) is 1.54. The van der Waals surface area contributed by atoms with Gasteiger partial charge in [0.25, 0.3) is 5.91 Å². The van der Waals surface area contributed by atoms with E-state index in [1.54, 1.807) is 19.2 Å². The van der Waals surface area contributed by atoms with Crippen LogP contribution < -0.4 is 16.0 Å². The molecule has 0 aliphatic rings. The molecule has 6 nitrogen and oxygen atoms in total. The molecule has 0 unspecified atom stereocenters. The molecule has 0 saturated heterocycles. The second-order valence-corrected chi connectivity index (χ2v) is 3.32. The zero-order valence-corrected chi connectivity index (χ0v) is 9.91. The van der Waals surface area contributed by atoms with Crippen LogP contribution in [0.15, 0.2) is 18.3 Å². The average Bonchev–Trinajstić information content (AvgIpc) is 2.36. The van der Waals surface area contributed by atoms with Gasteiger partial charge in [-0.3, -0.25) is 14.6 Å². The molecule has 2 amide bonds. The molecule has 0 bridgehead atoms. The fourth-order valence-corrected chi connectivity index (χ4v) is 1.23. The summed E-state index contributed by atoms with van der Waals surface area (Å²) in [6, 6.07) is 3.30. The lowest BCUT2D eigenvalue weighted by molar-refractivity contribution is -0.119. The normalized spacial score (nSPS) is 9.53. The van der Waals surface area contributed by atoms with Gasteiger partial charge in [0.2, 0.25) is 5.91 Å². The minimum Gasteiger partial charge on any atom is -0.376 e. The number of hydrogen-bond acceptors (Lipinski definition) is 4. The Bertz CT molecular complexity index is 406. The Morgan fingerprint density at radius 3 is 2.82 bits per heavy atom. The lowest BCUT2D eigenvalue weighted by Crippen LogP contribution is -2.29. The van der Waals surface area contributed by atoms with Gasteiger partial charge in [-0.25, -0.2) is 0 Å². The van der Waals surface area contributed by atoms with Crippen molar-refractivity contribution in [2.75, 3.05) is 25.5 Å². The van der Waals surface area contributed by atoms with Gasteiger partial charge in [0.05, 0.1) is 6.54 Å². The highest BCUT2D eigenvalue weighted by Gasteiger charge is 2.05. The van der Waals surface area contributed by atoms with E-state index in [-0.39, 0.29) is 18.4 Å². The summed E-state index contributed by atoms with van der Waals surface area (Å²) in [5.41, 5.74) is 0.998. The number of amides is 2. The summed E-state index contributed by atoms with van der Waals surface area (Å²) in [4.78, 5) is 26.5. The van der Waals surface area contributed by atoms with E-state index >= 15 is 0 Å². The van der Waals surface area contributed by atoms with Gasteiger partial charge < -0.3 is 16.0 Å². The van der Waals surface area contributed by atoms with E-state index in [9.17, 15) is 9.59 Å². The fraction of sp³-hybridized carbons (Fsp3) is 0.364. The smallest absolute Gasteiger partial charge is 0.269 e. The lowest BCUT2D eigenvalue weighted by atomic mass is 10.3. The summed E-state index contributed by atoms with van der Waals surface area (Å²) in [6.07, 6.45) is 1.52. The molecule has 0 spiro atoms. The fourth-order valence-electron chi connectivity index (χ4n) is 1.23. The summed E-state index contributed by atoms with van der Waals surface area (Å²) < 4.78 is 0. The summed E-state index contributed by atoms with van der Waals surface area (Å²) in [5.74, 6) is -0.350. The van der Waals surface area contributed by atoms with Gasteiger partial charge in [0, 0.05) is 25.5 Å². The number of rotatable bonds is 5. The maximum atomic E-state index is 11.3. The van der Waals surface area contributed by atoms with E-state index in [1.165, 1.54) is 6.20 Å². The minimum absolute atomic E-state index is 0.0918. The lowest BCUT2D eigenvalue weighted by Gasteiger charge is -2.07. The first-order valence-electron chi connectivity index (χ1n) is 5.36. The molecule has 0 aliphatic heterocycles. The molecule has 0 atom stereocenters. The monoisotopic (exact) mass is 236 g/mol. The van der Waals surface area contributed by atoms with Gasteiger partial charge in [0.1, 0.15) is 5.69 Å². The van der Waals surface area contributed by atoms with E-state index in [0.717, 1.165) is 0 Å². The molecule has 17 heavy (non-hydrogen) atoms. The van der Waals surface area contributed by atoms with E-state index in [0.29, 0.717) is 17.9 Å². The molecule has 1 aromatic rings. The maximum Gasteiger partial charge on any atom is 0.269 e. The summed E-state index contributed by atoms with van der Waals surface area (Å²) in [6.45, 7) is 2.62. The Morgan fingerprint density at radius 1 is 1.41 bits per heavy atom. The third-order valence-electron chi connectivity index (χ3n) is 2.05. The Balaban J connectivity index is 2.60. The highest BCUT2D eigenvalue weighted by atomic mass is 16.2. The van der Waals surface area contributed by atoms with Crippen molar-refractivity contribution >= 4 is 17.5 Å². The number of pyridine rings is 1.